The molecule has 2 aliphatic rings. The van der Waals surface area contributed by atoms with E-state index in [1.54, 1.807) is 24.3 Å². The molecule has 6 nitrogen and oxygen atoms in total. The van der Waals surface area contributed by atoms with E-state index in [1.165, 1.54) is 0 Å². The molecule has 2 N–H and O–H groups in total. The third-order valence-electron chi connectivity index (χ3n) is 4.85. The number of benzene rings is 1. The number of esters is 1. The average Bonchev–Trinajstić information content (AvgIpc) is 3.10. The van der Waals surface area contributed by atoms with Gasteiger partial charge in [0.1, 0.15) is 6.10 Å². The van der Waals surface area contributed by atoms with E-state index in [0.717, 1.165) is 31.0 Å². The van der Waals surface area contributed by atoms with Crippen LogP contribution in [0.2, 0.25) is 0 Å². The van der Waals surface area contributed by atoms with Crippen LogP contribution >= 0.6 is 11.8 Å². The molecule has 27 heavy (non-hydrogen) atoms. The van der Waals surface area contributed by atoms with Crippen molar-refractivity contribution in [2.24, 2.45) is 0 Å². The number of nitrogens with one attached hydrogen (secondary N) is 1. The van der Waals surface area contributed by atoms with Crippen molar-refractivity contribution >= 4 is 23.0 Å². The van der Waals surface area contributed by atoms with Gasteiger partial charge in [-0.2, -0.15) is 0 Å². The standard InChI is InChI=1S/C20H25NO5S/c1-2-3-5-10-15-11-16(25-18(22)14-8-6-4-7-9-14)12-20(24,26-15)17-13-27-19(23)21-17/h2,4,6-9,15-17,24H,1,3,5,10-13H2,(H,21,23)/t15?,16-,17+,20-/m1/s1. The van der Waals surface area contributed by atoms with Crippen molar-refractivity contribution < 1.29 is 24.2 Å². The van der Waals surface area contributed by atoms with E-state index < -0.39 is 23.9 Å². The molecule has 1 unspecified atom stereocenters. The molecular weight excluding hydrogens is 366 g/mol. The molecule has 2 saturated heterocycles. The maximum atomic E-state index is 12.4. The summed E-state index contributed by atoms with van der Waals surface area (Å²) in [5, 5.41) is 13.7. The van der Waals surface area contributed by atoms with Crippen LogP contribution in [0.3, 0.4) is 0 Å². The number of carbonyl (C=O) groups is 2. The molecule has 0 aliphatic carbocycles. The van der Waals surface area contributed by atoms with Crippen LogP contribution in [-0.4, -0.2) is 46.1 Å². The highest BCUT2D eigenvalue weighted by Crippen LogP contribution is 2.36. The first-order valence-electron chi connectivity index (χ1n) is 9.20. The Morgan fingerprint density at radius 3 is 2.89 bits per heavy atom. The van der Waals surface area contributed by atoms with Crippen molar-refractivity contribution in [2.45, 2.75) is 56.1 Å². The van der Waals surface area contributed by atoms with E-state index in [-0.39, 0.29) is 17.8 Å². The van der Waals surface area contributed by atoms with Crippen LogP contribution in [0.1, 0.15) is 42.5 Å². The van der Waals surface area contributed by atoms with Gasteiger partial charge >= 0.3 is 5.97 Å². The fraction of sp³-hybridized carbons (Fsp3) is 0.500. The number of allylic oxidation sites excluding steroid dienone is 1. The van der Waals surface area contributed by atoms with Gasteiger partial charge in [-0.15, -0.1) is 6.58 Å². The van der Waals surface area contributed by atoms with Crippen molar-refractivity contribution in [3.8, 4) is 0 Å². The molecule has 1 amide bonds. The topological polar surface area (TPSA) is 84.9 Å². The summed E-state index contributed by atoms with van der Waals surface area (Å²) in [5.74, 6) is -1.54. The van der Waals surface area contributed by atoms with E-state index in [9.17, 15) is 14.7 Å². The Hall–Kier alpha value is -1.83. The Bertz CT molecular complexity index is 682. The molecule has 7 heteroatoms. The van der Waals surface area contributed by atoms with Gasteiger partial charge in [-0.05, 0) is 31.4 Å². The van der Waals surface area contributed by atoms with Crippen molar-refractivity contribution in [1.29, 1.82) is 0 Å². The predicted molar refractivity (Wildman–Crippen MR) is 104 cm³/mol. The lowest BCUT2D eigenvalue weighted by Gasteiger charge is -2.43. The minimum Gasteiger partial charge on any atom is -0.458 e. The summed E-state index contributed by atoms with van der Waals surface area (Å²) in [6.07, 6.45) is 4.21. The second-order valence-electron chi connectivity index (χ2n) is 6.93. The van der Waals surface area contributed by atoms with Crippen LogP contribution in [0.4, 0.5) is 4.79 Å². The van der Waals surface area contributed by atoms with Gasteiger partial charge in [-0.3, -0.25) is 4.79 Å². The molecule has 0 spiro atoms. The second-order valence-corrected chi connectivity index (χ2v) is 7.93. The zero-order valence-corrected chi connectivity index (χ0v) is 16.0. The average molecular weight is 391 g/mol. The Morgan fingerprint density at radius 2 is 2.22 bits per heavy atom. The third-order valence-corrected chi connectivity index (χ3v) is 5.73. The number of hydrogen-bond acceptors (Lipinski definition) is 6. The molecule has 2 fully saturated rings. The van der Waals surface area contributed by atoms with Crippen molar-refractivity contribution in [1.82, 2.24) is 5.32 Å². The minimum absolute atomic E-state index is 0.134. The molecule has 4 atom stereocenters. The zero-order valence-electron chi connectivity index (χ0n) is 15.1. The quantitative estimate of drug-likeness (QED) is 0.422. The fourth-order valence-electron chi connectivity index (χ4n) is 3.49. The maximum Gasteiger partial charge on any atom is 0.338 e. The van der Waals surface area contributed by atoms with Gasteiger partial charge in [0.25, 0.3) is 5.24 Å². The molecule has 2 aliphatic heterocycles. The van der Waals surface area contributed by atoms with Crippen LogP contribution in [0, 0.1) is 0 Å². The number of thioether (sulfide) groups is 1. The number of carbonyl (C=O) groups excluding carboxylic acids is 2. The molecule has 1 aromatic rings. The lowest BCUT2D eigenvalue weighted by atomic mass is 9.91. The number of amides is 1. The van der Waals surface area contributed by atoms with Crippen LogP contribution in [0.25, 0.3) is 0 Å². The van der Waals surface area contributed by atoms with E-state index in [2.05, 4.69) is 11.9 Å². The van der Waals surface area contributed by atoms with E-state index >= 15 is 0 Å². The monoisotopic (exact) mass is 391 g/mol. The smallest absolute Gasteiger partial charge is 0.338 e. The summed E-state index contributed by atoms with van der Waals surface area (Å²) in [6.45, 7) is 3.72. The van der Waals surface area contributed by atoms with Crippen molar-refractivity contribution in [2.75, 3.05) is 5.75 Å². The Kier molecular flexibility index (Phi) is 6.57. The van der Waals surface area contributed by atoms with Gasteiger partial charge in [0.15, 0.2) is 5.79 Å². The highest BCUT2D eigenvalue weighted by atomic mass is 32.2. The summed E-state index contributed by atoms with van der Waals surface area (Å²) >= 11 is 1.12. The SMILES string of the molecule is C=CCCCC1C[C@@H](OC(=O)c2ccccc2)C[C@](O)([C@@H]2CSC(=O)N2)O1. The molecular formula is C20H25NO5S. The van der Waals surface area contributed by atoms with Gasteiger partial charge in [-0.1, -0.05) is 36.0 Å². The van der Waals surface area contributed by atoms with Crippen LogP contribution in [-0.2, 0) is 9.47 Å². The highest BCUT2D eigenvalue weighted by Gasteiger charge is 2.49. The first-order chi connectivity index (χ1) is 13.0. The Morgan fingerprint density at radius 1 is 1.44 bits per heavy atom. The summed E-state index contributed by atoms with van der Waals surface area (Å²) in [4.78, 5) is 24.0. The Labute approximate surface area is 163 Å². The number of aliphatic hydroxyl groups is 1. The summed E-state index contributed by atoms with van der Waals surface area (Å²) < 4.78 is 11.6. The first-order valence-corrected chi connectivity index (χ1v) is 10.2. The summed E-state index contributed by atoms with van der Waals surface area (Å²) in [6, 6.07) is 8.27. The molecule has 0 aromatic heterocycles. The van der Waals surface area contributed by atoms with Crippen molar-refractivity contribution in [3.63, 3.8) is 0 Å². The second kappa shape index (κ2) is 8.91. The number of hydrogen-bond donors (Lipinski definition) is 2. The van der Waals surface area contributed by atoms with Gasteiger partial charge in [0.05, 0.1) is 17.7 Å². The Balaban J connectivity index is 1.70. The summed E-state index contributed by atoms with van der Waals surface area (Å²) in [7, 11) is 0. The molecule has 0 bridgehead atoms. The van der Waals surface area contributed by atoms with Crippen LogP contribution < -0.4 is 5.32 Å². The lowest BCUT2D eigenvalue weighted by Crippen LogP contribution is -2.58. The van der Waals surface area contributed by atoms with Gasteiger partial charge in [0.2, 0.25) is 0 Å². The molecule has 146 valence electrons. The predicted octanol–water partition coefficient (Wildman–Crippen LogP) is 3.26. The highest BCUT2D eigenvalue weighted by molar-refractivity contribution is 8.14. The first kappa shape index (κ1) is 19.9. The normalized spacial score (nSPS) is 30.6. The zero-order chi connectivity index (χ0) is 19.3. The van der Waals surface area contributed by atoms with E-state index in [1.807, 2.05) is 12.1 Å². The van der Waals surface area contributed by atoms with Crippen LogP contribution in [0.15, 0.2) is 43.0 Å². The number of rotatable bonds is 7. The van der Waals surface area contributed by atoms with E-state index in [4.69, 9.17) is 9.47 Å². The minimum atomic E-state index is -1.54. The maximum absolute atomic E-state index is 12.4. The summed E-state index contributed by atoms with van der Waals surface area (Å²) in [5.41, 5.74) is 0.473. The molecule has 3 rings (SSSR count). The van der Waals surface area contributed by atoms with E-state index in [0.29, 0.717) is 17.7 Å². The molecule has 2 heterocycles. The number of unbranched alkanes of at least 4 members (excludes halogenated alkanes) is 1. The van der Waals surface area contributed by atoms with Gasteiger partial charge < -0.3 is 19.9 Å². The molecule has 0 saturated carbocycles. The van der Waals surface area contributed by atoms with Crippen LogP contribution in [0.5, 0.6) is 0 Å². The van der Waals surface area contributed by atoms with Crippen molar-refractivity contribution in [3.05, 3.63) is 48.6 Å². The third kappa shape index (κ3) is 5.12. The van der Waals surface area contributed by atoms with Gasteiger partial charge in [-0.25, -0.2) is 4.79 Å². The largest absolute Gasteiger partial charge is 0.458 e. The fourth-order valence-corrected chi connectivity index (χ4v) is 4.38. The molecule has 0 radical (unpaired) electrons. The lowest BCUT2D eigenvalue weighted by molar-refractivity contribution is -0.281. The molecule has 1 aromatic carbocycles. The van der Waals surface area contributed by atoms with Gasteiger partial charge in [0, 0.05) is 18.6 Å². The number of ether oxygens (including phenoxy) is 2.